The van der Waals surface area contributed by atoms with Crippen LogP contribution in [-0.4, -0.2) is 34.2 Å². The molecule has 0 bridgehead atoms. The number of nitrogens with zero attached hydrogens (tertiary/aromatic N) is 1. The number of ether oxygens (including phenoxy) is 1. The molecule has 0 aliphatic rings. The summed E-state index contributed by atoms with van der Waals surface area (Å²) in [4.78, 5) is 29.2. The Labute approximate surface area is 222 Å². The van der Waals surface area contributed by atoms with Crippen LogP contribution in [0.25, 0.3) is 21.9 Å². The van der Waals surface area contributed by atoms with Gasteiger partial charge < -0.3 is 20.5 Å². The lowest BCUT2D eigenvalue weighted by Crippen LogP contribution is -2.28. The lowest BCUT2D eigenvalue weighted by Gasteiger charge is -2.20. The number of nitrogens with one attached hydrogen (secondary N) is 3. The third kappa shape index (κ3) is 6.46. The van der Waals surface area contributed by atoms with Gasteiger partial charge in [0.05, 0.1) is 12.2 Å². The van der Waals surface area contributed by atoms with Crippen LogP contribution in [0.5, 0.6) is 0 Å². The largest absolute Gasteiger partial charge is 0.456 e. The molecule has 196 valence electrons. The maximum absolute atomic E-state index is 12.6. The number of carbonyl (C=O) groups is 2. The molecule has 1 heterocycles. The molecule has 0 unspecified atom stereocenters. The Kier molecular flexibility index (Phi) is 7.93. The number of amides is 2. The van der Waals surface area contributed by atoms with Crippen molar-refractivity contribution in [2.24, 2.45) is 0 Å². The number of hydrogen-bond acceptors (Lipinski definition) is 6. The van der Waals surface area contributed by atoms with Crippen LogP contribution in [0.15, 0.2) is 72.9 Å². The van der Waals surface area contributed by atoms with Gasteiger partial charge in [-0.25, -0.2) is 14.6 Å². The number of rotatable bonds is 7. The fourth-order valence-corrected chi connectivity index (χ4v) is 4.00. The zero-order chi connectivity index (χ0) is 27.3. The van der Waals surface area contributed by atoms with Crippen LogP contribution in [0.1, 0.15) is 43.6 Å². The molecule has 0 atom stereocenters. The molecule has 8 nitrogen and oxygen atoms in total. The van der Waals surface area contributed by atoms with Crippen LogP contribution in [0.3, 0.4) is 0 Å². The third-order valence-corrected chi connectivity index (χ3v) is 5.70. The molecule has 0 spiro atoms. The van der Waals surface area contributed by atoms with E-state index in [0.29, 0.717) is 17.9 Å². The van der Waals surface area contributed by atoms with Gasteiger partial charge in [0, 0.05) is 29.5 Å². The first-order valence-corrected chi connectivity index (χ1v) is 12.4. The normalized spacial score (nSPS) is 11.2. The molecule has 1 aromatic heterocycles. The van der Waals surface area contributed by atoms with Crippen molar-refractivity contribution in [2.45, 2.75) is 39.9 Å². The maximum atomic E-state index is 12.6. The minimum absolute atomic E-state index is 0.0310. The Morgan fingerprint density at radius 3 is 2.42 bits per heavy atom. The van der Waals surface area contributed by atoms with E-state index in [0.717, 1.165) is 38.8 Å². The van der Waals surface area contributed by atoms with Crippen LogP contribution in [0.4, 0.5) is 22.0 Å². The quantitative estimate of drug-likeness (QED) is 0.218. The average molecular weight is 513 g/mol. The molecule has 0 aliphatic carbocycles. The number of pyridine rings is 1. The molecule has 0 radical (unpaired) electrons. The molecule has 4 rings (SSSR count). The number of esters is 1. The summed E-state index contributed by atoms with van der Waals surface area (Å²) in [6, 6.07) is 20.3. The molecule has 4 aromatic rings. The first-order valence-electron chi connectivity index (χ1n) is 12.4. The lowest BCUT2D eigenvalue weighted by atomic mass is 9.97. The molecule has 38 heavy (non-hydrogen) atoms. The lowest BCUT2D eigenvalue weighted by molar-refractivity contribution is 0.00695. The average Bonchev–Trinajstić information content (AvgIpc) is 2.88. The monoisotopic (exact) mass is 512 g/mol. The van der Waals surface area contributed by atoms with Crippen LogP contribution < -0.4 is 16.0 Å². The Hall–Kier alpha value is -4.43. The van der Waals surface area contributed by atoms with Crippen molar-refractivity contribution in [3.8, 4) is 11.1 Å². The van der Waals surface area contributed by atoms with E-state index in [9.17, 15) is 14.7 Å². The maximum Gasteiger partial charge on any atom is 0.338 e. The highest BCUT2D eigenvalue weighted by Gasteiger charge is 2.18. The second kappa shape index (κ2) is 11.3. The van der Waals surface area contributed by atoms with E-state index in [-0.39, 0.29) is 12.6 Å². The fraction of sp³-hybridized carbons (Fsp3) is 0.233. The van der Waals surface area contributed by atoms with Gasteiger partial charge in [0.15, 0.2) is 0 Å². The highest BCUT2D eigenvalue weighted by atomic mass is 16.6. The summed E-state index contributed by atoms with van der Waals surface area (Å²) < 4.78 is 5.51. The molecular weight excluding hydrogens is 480 g/mol. The van der Waals surface area contributed by atoms with Crippen molar-refractivity contribution in [2.75, 3.05) is 17.2 Å². The molecular formula is C30H32N4O4. The SMILES string of the molecule is CCNC(=O)Nc1cc2c(-c3ccc(CO)cc3)ccc(Nc3cccc(C(=O)OC(C)(C)C)c3)c2cn1. The number of fused-ring (bicyclic) bond motifs is 1. The van der Waals surface area contributed by atoms with Gasteiger partial charge in [0.2, 0.25) is 0 Å². The Bertz CT molecular complexity index is 1460. The van der Waals surface area contributed by atoms with Gasteiger partial charge in [-0.3, -0.25) is 5.32 Å². The van der Waals surface area contributed by atoms with Gasteiger partial charge in [-0.1, -0.05) is 36.4 Å². The number of carbonyl (C=O) groups excluding carboxylic acids is 2. The van der Waals surface area contributed by atoms with Crippen molar-refractivity contribution < 1.29 is 19.4 Å². The topological polar surface area (TPSA) is 113 Å². The van der Waals surface area contributed by atoms with Crippen LogP contribution in [0, 0.1) is 0 Å². The van der Waals surface area contributed by atoms with Crippen molar-refractivity contribution in [1.82, 2.24) is 10.3 Å². The van der Waals surface area contributed by atoms with Gasteiger partial charge >= 0.3 is 12.0 Å². The molecule has 8 heteroatoms. The number of hydrogen-bond donors (Lipinski definition) is 4. The summed E-state index contributed by atoms with van der Waals surface area (Å²) in [6.45, 7) is 7.81. The minimum atomic E-state index is -0.590. The molecule has 0 saturated heterocycles. The minimum Gasteiger partial charge on any atom is -0.456 e. The Morgan fingerprint density at radius 2 is 1.74 bits per heavy atom. The number of anilines is 3. The first kappa shape index (κ1) is 26.6. The summed E-state index contributed by atoms with van der Waals surface area (Å²) in [6.07, 6.45) is 1.71. The van der Waals surface area contributed by atoms with E-state index in [1.165, 1.54) is 0 Å². The molecule has 0 fully saturated rings. The van der Waals surface area contributed by atoms with E-state index in [4.69, 9.17) is 4.74 Å². The highest BCUT2D eigenvalue weighted by molar-refractivity contribution is 6.06. The van der Waals surface area contributed by atoms with E-state index < -0.39 is 11.6 Å². The van der Waals surface area contributed by atoms with Crippen molar-refractivity contribution in [3.05, 3.63) is 84.1 Å². The van der Waals surface area contributed by atoms with Gasteiger partial charge in [-0.05, 0) is 80.1 Å². The number of urea groups is 1. The number of aliphatic hydroxyl groups is 1. The summed E-state index contributed by atoms with van der Waals surface area (Å²) in [5.74, 6) is 0.0242. The summed E-state index contributed by atoms with van der Waals surface area (Å²) >= 11 is 0. The first-order chi connectivity index (χ1) is 18.2. The fourth-order valence-electron chi connectivity index (χ4n) is 4.00. The second-order valence-electron chi connectivity index (χ2n) is 9.82. The molecule has 2 amide bonds. The number of benzene rings is 3. The van der Waals surface area contributed by atoms with Gasteiger partial charge in [-0.15, -0.1) is 0 Å². The molecule has 0 aliphatic heterocycles. The van der Waals surface area contributed by atoms with E-state index in [1.54, 1.807) is 24.4 Å². The summed E-state index contributed by atoms with van der Waals surface area (Å²) in [5, 5.41) is 20.0. The zero-order valence-electron chi connectivity index (χ0n) is 22.0. The summed E-state index contributed by atoms with van der Waals surface area (Å²) in [7, 11) is 0. The van der Waals surface area contributed by atoms with Crippen molar-refractivity contribution in [1.29, 1.82) is 0 Å². The van der Waals surface area contributed by atoms with Crippen molar-refractivity contribution >= 4 is 40.0 Å². The number of aromatic nitrogens is 1. The van der Waals surface area contributed by atoms with Crippen LogP contribution >= 0.6 is 0 Å². The number of aliphatic hydroxyl groups excluding tert-OH is 1. The van der Waals surface area contributed by atoms with E-state index >= 15 is 0 Å². The van der Waals surface area contributed by atoms with Gasteiger partial charge in [-0.2, -0.15) is 0 Å². The van der Waals surface area contributed by atoms with Gasteiger partial charge in [0.1, 0.15) is 11.4 Å². The van der Waals surface area contributed by atoms with E-state index in [2.05, 4.69) is 20.9 Å². The Morgan fingerprint density at radius 1 is 0.974 bits per heavy atom. The Balaban J connectivity index is 1.74. The van der Waals surface area contributed by atoms with E-state index in [1.807, 2.05) is 76.2 Å². The van der Waals surface area contributed by atoms with Crippen molar-refractivity contribution in [3.63, 3.8) is 0 Å². The smallest absolute Gasteiger partial charge is 0.338 e. The molecule has 0 saturated carbocycles. The zero-order valence-corrected chi connectivity index (χ0v) is 22.0. The third-order valence-electron chi connectivity index (χ3n) is 5.70. The standard InChI is InChI=1S/C30H32N4O4/c1-5-31-29(37)34-27-16-24-23(20-11-9-19(18-35)10-12-20)13-14-26(25(24)17-32-27)33-22-8-6-7-21(15-22)28(36)38-30(2,3)4/h6-17,33,35H,5,18H2,1-4H3,(H2,31,32,34,37). The predicted molar refractivity (Wildman–Crippen MR) is 151 cm³/mol. The highest BCUT2D eigenvalue weighted by Crippen LogP contribution is 2.36. The second-order valence-corrected chi connectivity index (χ2v) is 9.82. The van der Waals surface area contributed by atoms with Crippen LogP contribution in [-0.2, 0) is 11.3 Å². The molecule has 4 N–H and O–H groups in total. The van der Waals surface area contributed by atoms with Crippen LogP contribution in [0.2, 0.25) is 0 Å². The predicted octanol–water partition coefficient (Wildman–Crippen LogP) is 6.23. The molecule has 3 aromatic carbocycles. The summed E-state index contributed by atoms with van der Waals surface area (Å²) in [5.41, 5.74) is 4.09. The van der Waals surface area contributed by atoms with Gasteiger partial charge in [0.25, 0.3) is 0 Å².